The minimum absolute atomic E-state index is 0.348. The summed E-state index contributed by atoms with van der Waals surface area (Å²) >= 11 is 0. The van der Waals surface area contributed by atoms with Crippen molar-refractivity contribution >= 4 is 11.0 Å². The predicted molar refractivity (Wildman–Crippen MR) is 198 cm³/mol. The SMILES string of the molecule is CCCCCCCC/C=C\CCCCCCCCC(C)(O)c1ccc(-n2cnc3cc(OC)c(OC)cc32)nc1-c1ccc(F)cc1OC. The van der Waals surface area contributed by atoms with E-state index in [1.54, 1.807) is 26.6 Å². The molecule has 0 saturated carbocycles. The summed E-state index contributed by atoms with van der Waals surface area (Å²) in [5, 5.41) is 11.9. The Bertz CT molecular complexity index is 1630. The summed E-state index contributed by atoms with van der Waals surface area (Å²) in [7, 11) is 4.69. The van der Waals surface area contributed by atoms with E-state index >= 15 is 0 Å². The molecule has 0 spiro atoms. The van der Waals surface area contributed by atoms with Gasteiger partial charge >= 0.3 is 0 Å². The standard InChI is InChI=1S/C41H56FN3O4/c1-6-7-8-9-10-11-12-13-14-15-16-17-18-19-20-21-26-41(2,46)33-24-25-39(44-40(33)32-23-22-31(42)27-36(32)47-3)45-30-43-34-28-37(48-4)38(49-5)29-35(34)45/h13-14,22-25,27-30,46H,6-12,15-21,26H2,1-5H3/b14-13-. The maximum absolute atomic E-state index is 14.3. The van der Waals surface area contributed by atoms with E-state index in [-0.39, 0.29) is 0 Å². The predicted octanol–water partition coefficient (Wildman–Crippen LogP) is 10.9. The van der Waals surface area contributed by atoms with Crippen molar-refractivity contribution in [1.82, 2.24) is 14.5 Å². The number of halogens is 1. The minimum Gasteiger partial charge on any atom is -0.496 e. The molecule has 2 heterocycles. The Morgan fingerprint density at radius 1 is 0.755 bits per heavy atom. The van der Waals surface area contributed by atoms with Gasteiger partial charge in [-0.05, 0) is 57.2 Å². The van der Waals surface area contributed by atoms with E-state index in [0.29, 0.717) is 46.3 Å². The molecule has 2 aromatic heterocycles. The number of imidazole rings is 1. The van der Waals surface area contributed by atoms with Crippen molar-refractivity contribution in [1.29, 1.82) is 0 Å². The number of ether oxygens (including phenoxy) is 3. The van der Waals surface area contributed by atoms with Crippen LogP contribution in [0.2, 0.25) is 0 Å². The maximum atomic E-state index is 14.3. The van der Waals surface area contributed by atoms with Gasteiger partial charge in [0.1, 0.15) is 23.7 Å². The largest absolute Gasteiger partial charge is 0.496 e. The Morgan fingerprint density at radius 3 is 2.02 bits per heavy atom. The fraction of sp³-hybridized carbons (Fsp3) is 0.512. The molecule has 0 aliphatic rings. The minimum atomic E-state index is -1.16. The third kappa shape index (κ3) is 10.5. The molecule has 7 nitrogen and oxygen atoms in total. The monoisotopic (exact) mass is 673 g/mol. The molecule has 4 rings (SSSR count). The van der Waals surface area contributed by atoms with Crippen LogP contribution < -0.4 is 14.2 Å². The van der Waals surface area contributed by atoms with Crippen LogP contribution in [0.15, 0.2) is 60.9 Å². The highest BCUT2D eigenvalue weighted by molar-refractivity contribution is 5.82. The van der Waals surface area contributed by atoms with E-state index in [1.165, 1.54) is 89.9 Å². The summed E-state index contributed by atoms with van der Waals surface area (Å²) in [6.45, 7) is 4.10. The summed E-state index contributed by atoms with van der Waals surface area (Å²) < 4.78 is 32.7. The van der Waals surface area contributed by atoms with Crippen LogP contribution in [0.1, 0.15) is 116 Å². The van der Waals surface area contributed by atoms with Gasteiger partial charge in [-0.1, -0.05) is 89.4 Å². The molecule has 0 fully saturated rings. The number of methoxy groups -OCH3 is 3. The second-order valence-electron chi connectivity index (χ2n) is 13.2. The summed E-state index contributed by atoms with van der Waals surface area (Å²) in [5.74, 6) is 1.69. The highest BCUT2D eigenvalue weighted by atomic mass is 19.1. The molecule has 0 aliphatic heterocycles. The van der Waals surface area contributed by atoms with Gasteiger partial charge in [-0.25, -0.2) is 14.4 Å². The fourth-order valence-electron chi connectivity index (χ4n) is 6.45. The van der Waals surface area contributed by atoms with Gasteiger partial charge in [-0.15, -0.1) is 0 Å². The average molecular weight is 674 g/mol. The number of hydrogen-bond acceptors (Lipinski definition) is 6. The van der Waals surface area contributed by atoms with Crippen LogP contribution in [0, 0.1) is 5.82 Å². The van der Waals surface area contributed by atoms with Crippen molar-refractivity contribution < 1.29 is 23.7 Å². The number of benzene rings is 2. The Morgan fingerprint density at radius 2 is 1.37 bits per heavy atom. The van der Waals surface area contributed by atoms with Crippen LogP contribution in [0.4, 0.5) is 4.39 Å². The molecular weight excluding hydrogens is 617 g/mol. The summed E-state index contributed by atoms with van der Waals surface area (Å²) in [5.41, 5.74) is 2.14. The van der Waals surface area contributed by atoms with E-state index in [9.17, 15) is 9.50 Å². The molecule has 8 heteroatoms. The summed E-state index contributed by atoms with van der Waals surface area (Å²) in [4.78, 5) is 9.61. The zero-order valence-electron chi connectivity index (χ0n) is 30.3. The van der Waals surface area contributed by atoms with E-state index in [1.807, 2.05) is 35.8 Å². The Balaban J connectivity index is 1.40. The van der Waals surface area contributed by atoms with Crippen LogP contribution in [0.25, 0.3) is 28.1 Å². The zero-order valence-corrected chi connectivity index (χ0v) is 30.3. The van der Waals surface area contributed by atoms with Gasteiger partial charge in [0.05, 0.1) is 43.7 Å². The molecule has 1 N–H and O–H groups in total. The van der Waals surface area contributed by atoms with E-state index < -0.39 is 11.4 Å². The van der Waals surface area contributed by atoms with Crippen LogP contribution in [-0.4, -0.2) is 41.0 Å². The van der Waals surface area contributed by atoms with E-state index in [4.69, 9.17) is 19.2 Å². The van der Waals surface area contributed by atoms with Crippen molar-refractivity contribution in [2.24, 2.45) is 0 Å². The number of allylic oxidation sites excluding steroid dienone is 2. The van der Waals surface area contributed by atoms with Gasteiger partial charge in [-0.3, -0.25) is 4.57 Å². The van der Waals surface area contributed by atoms with Gasteiger partial charge in [0.25, 0.3) is 0 Å². The van der Waals surface area contributed by atoms with Crippen LogP contribution in [0.3, 0.4) is 0 Å². The molecule has 4 aromatic rings. The highest BCUT2D eigenvalue weighted by Gasteiger charge is 2.29. The van der Waals surface area contributed by atoms with Crippen LogP contribution in [0.5, 0.6) is 17.2 Å². The molecule has 266 valence electrons. The summed E-state index contributed by atoms with van der Waals surface area (Å²) in [6, 6.07) is 11.9. The molecule has 2 aromatic carbocycles. The maximum Gasteiger partial charge on any atom is 0.163 e. The Hall–Kier alpha value is -3.91. The van der Waals surface area contributed by atoms with Crippen molar-refractivity contribution in [2.75, 3.05) is 21.3 Å². The highest BCUT2D eigenvalue weighted by Crippen LogP contribution is 2.39. The first kappa shape index (κ1) is 37.9. The lowest BCUT2D eigenvalue weighted by molar-refractivity contribution is 0.0451. The van der Waals surface area contributed by atoms with Crippen LogP contribution >= 0.6 is 0 Å². The van der Waals surface area contributed by atoms with Gasteiger partial charge in [-0.2, -0.15) is 0 Å². The van der Waals surface area contributed by atoms with Gasteiger partial charge in [0.2, 0.25) is 0 Å². The Labute approximate surface area is 292 Å². The van der Waals surface area contributed by atoms with Crippen molar-refractivity contribution in [3.63, 3.8) is 0 Å². The molecule has 1 unspecified atom stereocenters. The van der Waals surface area contributed by atoms with E-state index in [2.05, 4.69) is 24.1 Å². The quantitative estimate of drug-likeness (QED) is 0.0661. The third-order valence-electron chi connectivity index (χ3n) is 9.35. The number of fused-ring (bicyclic) bond motifs is 1. The van der Waals surface area contributed by atoms with Gasteiger partial charge < -0.3 is 19.3 Å². The second kappa shape index (κ2) is 19.3. The first-order chi connectivity index (χ1) is 23.8. The number of hydrogen-bond donors (Lipinski definition) is 1. The lowest BCUT2D eigenvalue weighted by Gasteiger charge is -2.27. The first-order valence-corrected chi connectivity index (χ1v) is 18.1. The molecular formula is C41H56FN3O4. The van der Waals surface area contributed by atoms with E-state index in [0.717, 1.165) is 30.3 Å². The number of pyridine rings is 1. The van der Waals surface area contributed by atoms with Crippen LogP contribution in [-0.2, 0) is 5.60 Å². The smallest absolute Gasteiger partial charge is 0.163 e. The zero-order chi connectivity index (χ0) is 35.1. The van der Waals surface area contributed by atoms with Crippen molar-refractivity contribution in [3.8, 4) is 34.3 Å². The average Bonchev–Trinajstić information content (AvgIpc) is 3.53. The number of rotatable bonds is 22. The normalized spacial score (nSPS) is 12.9. The number of unbranched alkanes of at least 4 members (excludes halogenated alkanes) is 12. The molecule has 0 bridgehead atoms. The van der Waals surface area contributed by atoms with Crippen molar-refractivity contribution in [2.45, 2.75) is 116 Å². The van der Waals surface area contributed by atoms with Crippen molar-refractivity contribution in [3.05, 3.63) is 72.3 Å². The molecule has 0 amide bonds. The molecule has 0 radical (unpaired) electrons. The molecule has 1 atom stereocenters. The third-order valence-corrected chi connectivity index (χ3v) is 9.35. The first-order valence-electron chi connectivity index (χ1n) is 18.1. The lowest BCUT2D eigenvalue weighted by Crippen LogP contribution is -2.23. The number of aromatic nitrogens is 3. The molecule has 0 aliphatic carbocycles. The van der Waals surface area contributed by atoms with Gasteiger partial charge in [0, 0.05) is 29.3 Å². The second-order valence-corrected chi connectivity index (χ2v) is 13.2. The Kier molecular flexibility index (Phi) is 14.9. The fourth-order valence-corrected chi connectivity index (χ4v) is 6.45. The number of nitrogens with zero attached hydrogens (tertiary/aromatic N) is 3. The molecule has 49 heavy (non-hydrogen) atoms. The van der Waals surface area contributed by atoms with Gasteiger partial charge in [0.15, 0.2) is 11.5 Å². The lowest BCUT2D eigenvalue weighted by atomic mass is 9.86. The number of aliphatic hydroxyl groups is 1. The molecule has 0 saturated heterocycles. The topological polar surface area (TPSA) is 78.6 Å². The summed E-state index contributed by atoms with van der Waals surface area (Å²) in [6.07, 6.45) is 24.3.